The summed E-state index contributed by atoms with van der Waals surface area (Å²) in [5.74, 6) is -0.439. The lowest BCUT2D eigenvalue weighted by atomic mass is 10.1. The molecule has 0 bridgehead atoms. The Bertz CT molecular complexity index is 1020. The summed E-state index contributed by atoms with van der Waals surface area (Å²) in [5, 5.41) is 0. The van der Waals surface area contributed by atoms with Crippen LogP contribution in [0.25, 0.3) is 0 Å². The molecule has 2 aliphatic heterocycles. The molecule has 6 nitrogen and oxygen atoms in total. The third-order valence-electron chi connectivity index (χ3n) is 5.92. The van der Waals surface area contributed by atoms with Crippen molar-refractivity contribution in [1.29, 1.82) is 0 Å². The molecule has 1 fully saturated rings. The monoisotopic (exact) mass is 412 g/mol. The van der Waals surface area contributed by atoms with E-state index in [-0.39, 0.29) is 35.4 Å². The molecular formula is C23H25FN2O4. The number of amides is 1. The minimum Gasteiger partial charge on any atom is -0.488 e. The number of halogens is 1. The number of rotatable bonds is 6. The van der Waals surface area contributed by atoms with Crippen LogP contribution in [0.4, 0.5) is 4.39 Å². The Kier molecular flexibility index (Phi) is 5.70. The van der Waals surface area contributed by atoms with E-state index in [1.165, 1.54) is 29.7 Å². The number of pyridine rings is 1. The van der Waals surface area contributed by atoms with E-state index in [2.05, 4.69) is 0 Å². The number of ketones is 1. The topological polar surface area (TPSA) is 68.6 Å². The SMILES string of the molecule is CC(=O)c1cc(OCCc2ccc(F)cc2)c(=O)n2c1CC[C@H]2C(=O)N1CCCC1. The maximum Gasteiger partial charge on any atom is 0.293 e. The van der Waals surface area contributed by atoms with E-state index in [9.17, 15) is 18.8 Å². The zero-order valence-corrected chi connectivity index (χ0v) is 17.0. The smallest absolute Gasteiger partial charge is 0.293 e. The average Bonchev–Trinajstić information content (AvgIpc) is 3.41. The fourth-order valence-corrected chi connectivity index (χ4v) is 4.35. The van der Waals surface area contributed by atoms with Crippen molar-refractivity contribution in [2.45, 2.75) is 45.1 Å². The number of Topliss-reactive ketones (excluding diaryl/α,β-unsaturated/α-hetero) is 1. The molecule has 0 aliphatic carbocycles. The second kappa shape index (κ2) is 8.42. The highest BCUT2D eigenvalue weighted by Crippen LogP contribution is 2.31. The summed E-state index contributed by atoms with van der Waals surface area (Å²) in [7, 11) is 0. The van der Waals surface area contributed by atoms with E-state index >= 15 is 0 Å². The number of likely N-dealkylation sites (tertiary alicyclic amines) is 1. The van der Waals surface area contributed by atoms with Gasteiger partial charge in [-0.3, -0.25) is 19.0 Å². The number of carbonyl (C=O) groups excluding carboxylic acids is 2. The van der Waals surface area contributed by atoms with Gasteiger partial charge in [-0.1, -0.05) is 12.1 Å². The van der Waals surface area contributed by atoms with Gasteiger partial charge in [-0.15, -0.1) is 0 Å². The maximum atomic E-state index is 13.2. The van der Waals surface area contributed by atoms with E-state index < -0.39 is 6.04 Å². The zero-order chi connectivity index (χ0) is 21.3. The largest absolute Gasteiger partial charge is 0.488 e. The molecule has 0 saturated carbocycles. The van der Waals surface area contributed by atoms with Gasteiger partial charge in [0.2, 0.25) is 5.91 Å². The third-order valence-corrected chi connectivity index (χ3v) is 5.92. The van der Waals surface area contributed by atoms with Crippen LogP contribution >= 0.6 is 0 Å². The molecule has 0 spiro atoms. The summed E-state index contributed by atoms with van der Waals surface area (Å²) in [5.41, 5.74) is 1.56. The molecule has 0 unspecified atom stereocenters. The van der Waals surface area contributed by atoms with Crippen molar-refractivity contribution in [3.63, 3.8) is 0 Å². The molecule has 2 aromatic rings. The molecule has 1 amide bonds. The molecule has 4 rings (SSSR count). The van der Waals surface area contributed by atoms with Crippen molar-refractivity contribution in [3.05, 3.63) is 63.3 Å². The number of fused-ring (bicyclic) bond motifs is 1. The second-order valence-corrected chi connectivity index (χ2v) is 7.91. The van der Waals surface area contributed by atoms with Crippen LogP contribution in [-0.4, -0.2) is 40.9 Å². The summed E-state index contributed by atoms with van der Waals surface area (Å²) >= 11 is 0. The van der Waals surface area contributed by atoms with E-state index in [0.717, 1.165) is 18.4 Å². The normalized spacial score (nSPS) is 17.8. The van der Waals surface area contributed by atoms with Crippen LogP contribution in [0, 0.1) is 5.82 Å². The zero-order valence-electron chi connectivity index (χ0n) is 17.0. The highest BCUT2D eigenvalue weighted by Gasteiger charge is 2.36. The van der Waals surface area contributed by atoms with Gasteiger partial charge in [0, 0.05) is 30.8 Å². The quantitative estimate of drug-likeness (QED) is 0.684. The Morgan fingerprint density at radius 2 is 1.87 bits per heavy atom. The van der Waals surface area contributed by atoms with Crippen LogP contribution in [0.3, 0.4) is 0 Å². The summed E-state index contributed by atoms with van der Waals surface area (Å²) < 4.78 is 20.3. The Morgan fingerprint density at radius 3 is 2.53 bits per heavy atom. The molecule has 0 N–H and O–H groups in total. The first-order valence-electron chi connectivity index (χ1n) is 10.4. The first-order chi connectivity index (χ1) is 14.5. The molecule has 3 heterocycles. The summed E-state index contributed by atoms with van der Waals surface area (Å²) in [6, 6.07) is 7.01. The van der Waals surface area contributed by atoms with Gasteiger partial charge in [-0.2, -0.15) is 0 Å². The molecule has 1 aromatic carbocycles. The van der Waals surface area contributed by atoms with Gasteiger partial charge in [0.15, 0.2) is 11.5 Å². The van der Waals surface area contributed by atoms with Crippen molar-refractivity contribution >= 4 is 11.7 Å². The number of aromatic nitrogens is 1. The van der Waals surface area contributed by atoms with Gasteiger partial charge in [0.25, 0.3) is 5.56 Å². The fourth-order valence-electron chi connectivity index (χ4n) is 4.35. The molecule has 0 radical (unpaired) electrons. The van der Waals surface area contributed by atoms with Crippen molar-refractivity contribution in [1.82, 2.24) is 9.47 Å². The first-order valence-corrected chi connectivity index (χ1v) is 10.4. The van der Waals surface area contributed by atoms with E-state index in [4.69, 9.17) is 4.74 Å². The summed E-state index contributed by atoms with van der Waals surface area (Å²) in [4.78, 5) is 40.2. The number of carbonyl (C=O) groups is 2. The number of benzene rings is 1. The minimum atomic E-state index is -0.579. The molecule has 7 heteroatoms. The van der Waals surface area contributed by atoms with Crippen molar-refractivity contribution in [3.8, 4) is 5.75 Å². The molecule has 30 heavy (non-hydrogen) atoms. The highest BCUT2D eigenvalue weighted by atomic mass is 19.1. The Morgan fingerprint density at radius 1 is 1.17 bits per heavy atom. The minimum absolute atomic E-state index is 0.0497. The van der Waals surface area contributed by atoms with Crippen LogP contribution < -0.4 is 10.3 Å². The summed E-state index contributed by atoms with van der Waals surface area (Å²) in [6.45, 7) is 3.10. The molecule has 1 aromatic heterocycles. The predicted octanol–water partition coefficient (Wildman–Crippen LogP) is 2.92. The Balaban J connectivity index is 1.60. The van der Waals surface area contributed by atoms with Gasteiger partial charge in [-0.25, -0.2) is 4.39 Å². The van der Waals surface area contributed by atoms with Crippen molar-refractivity contribution in [2.75, 3.05) is 19.7 Å². The standard InChI is InChI=1S/C23H25FN2O4/c1-15(27)18-14-21(30-13-10-16-4-6-17(24)7-5-16)23(29)26-19(18)8-9-20(26)22(28)25-11-2-3-12-25/h4-7,14,20H,2-3,8-13H2,1H3/t20-/m0/s1. The Hall–Kier alpha value is -2.96. The van der Waals surface area contributed by atoms with Gasteiger partial charge < -0.3 is 9.64 Å². The van der Waals surface area contributed by atoms with Crippen molar-refractivity contribution < 1.29 is 18.7 Å². The lowest BCUT2D eigenvalue weighted by Crippen LogP contribution is -2.38. The number of hydrogen-bond acceptors (Lipinski definition) is 4. The number of hydrogen-bond donors (Lipinski definition) is 0. The van der Waals surface area contributed by atoms with E-state index in [0.29, 0.717) is 43.6 Å². The van der Waals surface area contributed by atoms with Crippen LogP contribution in [-0.2, 0) is 17.6 Å². The lowest BCUT2D eigenvalue weighted by Gasteiger charge is -2.22. The third kappa shape index (κ3) is 3.88. The fraction of sp³-hybridized carbons (Fsp3) is 0.435. The van der Waals surface area contributed by atoms with Crippen LogP contribution in [0.5, 0.6) is 5.75 Å². The second-order valence-electron chi connectivity index (χ2n) is 7.91. The van der Waals surface area contributed by atoms with Crippen LogP contribution in [0.2, 0.25) is 0 Å². The molecular weight excluding hydrogens is 387 g/mol. The lowest BCUT2D eigenvalue weighted by molar-refractivity contribution is -0.133. The van der Waals surface area contributed by atoms with E-state index in [1.807, 2.05) is 4.90 Å². The molecule has 1 atom stereocenters. The molecule has 1 saturated heterocycles. The maximum absolute atomic E-state index is 13.2. The van der Waals surface area contributed by atoms with Gasteiger partial charge >= 0.3 is 0 Å². The van der Waals surface area contributed by atoms with Crippen molar-refractivity contribution in [2.24, 2.45) is 0 Å². The van der Waals surface area contributed by atoms with Crippen LogP contribution in [0.1, 0.15) is 53.8 Å². The Labute approximate surface area is 174 Å². The van der Waals surface area contributed by atoms with Gasteiger partial charge in [-0.05, 0) is 56.4 Å². The highest BCUT2D eigenvalue weighted by molar-refractivity contribution is 5.96. The number of ether oxygens (including phenoxy) is 1. The number of nitrogens with zero attached hydrogens (tertiary/aromatic N) is 2. The summed E-state index contributed by atoms with van der Waals surface area (Å²) in [6.07, 6.45) is 3.48. The van der Waals surface area contributed by atoms with Crippen LogP contribution in [0.15, 0.2) is 35.1 Å². The van der Waals surface area contributed by atoms with E-state index in [1.54, 1.807) is 12.1 Å². The molecule has 2 aliphatic rings. The average molecular weight is 412 g/mol. The van der Waals surface area contributed by atoms with Gasteiger partial charge in [0.05, 0.1) is 6.61 Å². The van der Waals surface area contributed by atoms with Gasteiger partial charge in [0.1, 0.15) is 11.9 Å². The first kappa shape index (κ1) is 20.3. The molecule has 158 valence electrons. The predicted molar refractivity (Wildman–Crippen MR) is 109 cm³/mol.